The summed E-state index contributed by atoms with van der Waals surface area (Å²) in [5, 5.41) is 4.39. The van der Waals surface area contributed by atoms with Crippen LogP contribution in [0.4, 0.5) is 5.69 Å². The lowest BCUT2D eigenvalue weighted by molar-refractivity contribution is 0.414. The van der Waals surface area contributed by atoms with Crippen LogP contribution in [0.1, 0.15) is 24.9 Å². The number of nitrogens with zero attached hydrogens (tertiary/aromatic N) is 3. The van der Waals surface area contributed by atoms with E-state index >= 15 is 0 Å². The maximum absolute atomic E-state index is 5.99. The monoisotopic (exact) mass is 288 g/mol. The third-order valence-electron chi connectivity index (χ3n) is 3.64. The number of rotatable bonds is 7. The van der Waals surface area contributed by atoms with Crippen LogP contribution in [-0.2, 0) is 6.54 Å². The quantitative estimate of drug-likeness (QED) is 0.850. The molecule has 0 amide bonds. The highest BCUT2D eigenvalue weighted by Gasteiger charge is 2.18. The fraction of sp³-hybridized carbons (Fsp3) is 0.438. The van der Waals surface area contributed by atoms with E-state index in [1.54, 1.807) is 7.11 Å². The Labute approximate surface area is 126 Å². The molecule has 0 aliphatic rings. The zero-order chi connectivity index (χ0) is 15.2. The van der Waals surface area contributed by atoms with Gasteiger partial charge in [-0.05, 0) is 18.6 Å². The fourth-order valence-electron chi connectivity index (χ4n) is 2.43. The minimum Gasteiger partial charge on any atom is -0.497 e. The Kier molecular flexibility index (Phi) is 5.22. The van der Waals surface area contributed by atoms with Crippen molar-refractivity contribution in [3.63, 3.8) is 0 Å². The van der Waals surface area contributed by atoms with Gasteiger partial charge in [-0.25, -0.2) is 0 Å². The molecule has 21 heavy (non-hydrogen) atoms. The summed E-state index contributed by atoms with van der Waals surface area (Å²) >= 11 is 0. The van der Waals surface area contributed by atoms with Gasteiger partial charge in [-0.15, -0.1) is 0 Å². The van der Waals surface area contributed by atoms with Crippen LogP contribution >= 0.6 is 0 Å². The number of ether oxygens (including phenoxy) is 1. The minimum absolute atomic E-state index is 0.0997. The molecule has 1 aromatic carbocycles. The summed E-state index contributed by atoms with van der Waals surface area (Å²) in [5.74, 6) is 0.844. The van der Waals surface area contributed by atoms with E-state index in [1.165, 1.54) is 0 Å². The van der Waals surface area contributed by atoms with Gasteiger partial charge < -0.3 is 15.4 Å². The van der Waals surface area contributed by atoms with Crippen LogP contribution in [0.15, 0.2) is 36.7 Å². The predicted molar refractivity (Wildman–Crippen MR) is 85.7 cm³/mol. The Balaban J connectivity index is 2.22. The normalized spacial score (nSPS) is 12.2. The van der Waals surface area contributed by atoms with Gasteiger partial charge in [0.2, 0.25) is 0 Å². The van der Waals surface area contributed by atoms with Crippen molar-refractivity contribution in [1.29, 1.82) is 0 Å². The second kappa shape index (κ2) is 7.13. The van der Waals surface area contributed by atoms with Crippen LogP contribution in [-0.4, -0.2) is 30.5 Å². The molecular formula is C16H24N4O. The van der Waals surface area contributed by atoms with E-state index in [1.807, 2.05) is 36.1 Å². The van der Waals surface area contributed by atoms with Crippen molar-refractivity contribution in [3.05, 3.63) is 42.2 Å². The molecule has 5 nitrogen and oxygen atoms in total. The number of aromatic nitrogens is 2. The van der Waals surface area contributed by atoms with Gasteiger partial charge in [0.25, 0.3) is 0 Å². The lowest BCUT2D eigenvalue weighted by Gasteiger charge is -2.28. The maximum Gasteiger partial charge on any atom is 0.120 e. The van der Waals surface area contributed by atoms with Crippen molar-refractivity contribution in [2.75, 3.05) is 25.6 Å². The van der Waals surface area contributed by atoms with Crippen LogP contribution in [0.3, 0.4) is 0 Å². The molecule has 1 atom stereocenters. The van der Waals surface area contributed by atoms with Gasteiger partial charge in [0.05, 0.1) is 19.3 Å². The van der Waals surface area contributed by atoms with Crippen LogP contribution in [0, 0.1) is 0 Å². The standard InChI is InChI=1S/C16H24N4O/c1-4-8-20-12-13(11-18-20)16(10-17)19(2)14-6-5-7-15(9-14)21-3/h5-7,9,11-12,16H,4,8,10,17H2,1-3H3. The SMILES string of the molecule is CCCn1cc(C(CN)N(C)c2cccc(OC)c2)cn1. The first-order chi connectivity index (χ1) is 10.2. The highest BCUT2D eigenvalue weighted by atomic mass is 16.5. The number of nitrogens with two attached hydrogens (primary N) is 1. The molecule has 0 bridgehead atoms. The summed E-state index contributed by atoms with van der Waals surface area (Å²) in [4.78, 5) is 2.16. The van der Waals surface area contributed by atoms with Crippen LogP contribution in [0.2, 0.25) is 0 Å². The van der Waals surface area contributed by atoms with Crippen LogP contribution < -0.4 is 15.4 Å². The molecule has 5 heteroatoms. The minimum atomic E-state index is 0.0997. The number of aryl methyl sites for hydroxylation is 1. The van der Waals surface area contributed by atoms with Gasteiger partial charge in [0, 0.05) is 43.7 Å². The van der Waals surface area contributed by atoms with Gasteiger partial charge in [0.1, 0.15) is 5.75 Å². The Bertz CT molecular complexity index is 567. The van der Waals surface area contributed by atoms with E-state index < -0.39 is 0 Å². The van der Waals surface area contributed by atoms with Crippen LogP contribution in [0.25, 0.3) is 0 Å². The second-order valence-electron chi connectivity index (χ2n) is 5.10. The summed E-state index contributed by atoms with van der Waals surface area (Å²) in [6, 6.07) is 8.09. The van der Waals surface area contributed by atoms with Gasteiger partial charge in [-0.2, -0.15) is 5.10 Å². The van der Waals surface area contributed by atoms with Crippen molar-refractivity contribution in [2.24, 2.45) is 5.73 Å². The second-order valence-corrected chi connectivity index (χ2v) is 5.10. The summed E-state index contributed by atoms with van der Waals surface area (Å²) in [5.41, 5.74) is 8.20. The highest BCUT2D eigenvalue weighted by molar-refractivity contribution is 5.52. The number of anilines is 1. The zero-order valence-corrected chi connectivity index (χ0v) is 13.0. The van der Waals surface area contributed by atoms with E-state index in [2.05, 4.69) is 29.2 Å². The number of methoxy groups -OCH3 is 1. The third-order valence-corrected chi connectivity index (χ3v) is 3.64. The maximum atomic E-state index is 5.99. The molecule has 1 heterocycles. The molecule has 0 aliphatic heterocycles. The van der Waals surface area contributed by atoms with Crippen molar-refractivity contribution >= 4 is 5.69 Å². The van der Waals surface area contributed by atoms with Gasteiger partial charge in [0.15, 0.2) is 0 Å². The Hall–Kier alpha value is -2.01. The Morgan fingerprint density at radius 1 is 1.43 bits per heavy atom. The molecule has 0 aliphatic carbocycles. The summed E-state index contributed by atoms with van der Waals surface area (Å²) in [6.45, 7) is 3.61. The number of benzene rings is 1. The van der Waals surface area contributed by atoms with Gasteiger partial charge in [-0.3, -0.25) is 4.68 Å². The molecule has 2 aromatic rings. The summed E-state index contributed by atoms with van der Waals surface area (Å²) in [6.07, 6.45) is 5.06. The molecule has 0 radical (unpaired) electrons. The molecule has 0 fully saturated rings. The lowest BCUT2D eigenvalue weighted by Crippen LogP contribution is -2.30. The average molecular weight is 288 g/mol. The van der Waals surface area contributed by atoms with E-state index in [9.17, 15) is 0 Å². The van der Waals surface area contributed by atoms with Gasteiger partial charge >= 0.3 is 0 Å². The van der Waals surface area contributed by atoms with Crippen molar-refractivity contribution in [3.8, 4) is 5.75 Å². The number of hydrogen-bond donors (Lipinski definition) is 1. The predicted octanol–water partition coefficient (Wildman–Crippen LogP) is 2.44. The van der Waals surface area contributed by atoms with E-state index in [-0.39, 0.29) is 6.04 Å². The van der Waals surface area contributed by atoms with Crippen LogP contribution in [0.5, 0.6) is 5.75 Å². The lowest BCUT2D eigenvalue weighted by atomic mass is 10.1. The Morgan fingerprint density at radius 3 is 2.90 bits per heavy atom. The van der Waals surface area contributed by atoms with E-state index in [0.717, 1.165) is 30.0 Å². The first kappa shape index (κ1) is 15.4. The molecule has 1 unspecified atom stereocenters. The molecule has 0 saturated carbocycles. The van der Waals surface area contributed by atoms with E-state index in [4.69, 9.17) is 10.5 Å². The topological polar surface area (TPSA) is 56.3 Å². The third kappa shape index (κ3) is 3.55. The first-order valence-corrected chi connectivity index (χ1v) is 7.29. The molecule has 2 N–H and O–H groups in total. The zero-order valence-electron chi connectivity index (χ0n) is 13.0. The molecule has 0 spiro atoms. The average Bonchev–Trinajstić information content (AvgIpc) is 2.96. The molecule has 114 valence electrons. The number of hydrogen-bond acceptors (Lipinski definition) is 4. The largest absolute Gasteiger partial charge is 0.497 e. The number of likely N-dealkylation sites (N-methyl/N-ethyl adjacent to an activating group) is 1. The van der Waals surface area contributed by atoms with Crippen molar-refractivity contribution < 1.29 is 4.74 Å². The smallest absolute Gasteiger partial charge is 0.120 e. The molecular weight excluding hydrogens is 264 g/mol. The summed E-state index contributed by atoms with van der Waals surface area (Å²) in [7, 11) is 3.72. The molecule has 1 aromatic heterocycles. The van der Waals surface area contributed by atoms with Crippen molar-refractivity contribution in [1.82, 2.24) is 9.78 Å². The molecule has 2 rings (SSSR count). The molecule has 0 saturated heterocycles. The fourth-order valence-corrected chi connectivity index (χ4v) is 2.43. The summed E-state index contributed by atoms with van der Waals surface area (Å²) < 4.78 is 7.26. The van der Waals surface area contributed by atoms with Gasteiger partial charge in [-0.1, -0.05) is 13.0 Å². The highest BCUT2D eigenvalue weighted by Crippen LogP contribution is 2.27. The Morgan fingerprint density at radius 2 is 2.24 bits per heavy atom. The first-order valence-electron chi connectivity index (χ1n) is 7.29. The van der Waals surface area contributed by atoms with E-state index in [0.29, 0.717) is 6.54 Å². The van der Waals surface area contributed by atoms with Crippen molar-refractivity contribution in [2.45, 2.75) is 25.9 Å².